The quantitative estimate of drug-likeness (QED) is 0.798. The van der Waals surface area contributed by atoms with E-state index in [1.165, 1.54) is 0 Å². The monoisotopic (exact) mass is 303 g/mol. The van der Waals surface area contributed by atoms with Crippen LogP contribution in [0, 0.1) is 6.92 Å². The fraction of sp³-hybridized carbons (Fsp3) is 0.364. The maximum atomic E-state index is 11.7. The number of anilines is 1. The van der Waals surface area contributed by atoms with Gasteiger partial charge < -0.3 is 9.64 Å². The number of morpholine rings is 1. The third-order valence-corrected chi connectivity index (χ3v) is 3.55. The van der Waals surface area contributed by atoms with Crippen molar-refractivity contribution in [2.24, 2.45) is 0 Å². The molecule has 1 aliphatic heterocycles. The first-order chi connectivity index (χ1) is 7.59. The van der Waals surface area contributed by atoms with E-state index in [1.807, 2.05) is 19.1 Å². The summed E-state index contributed by atoms with van der Waals surface area (Å²) in [6, 6.07) is 3.73. The van der Waals surface area contributed by atoms with Gasteiger partial charge in [-0.25, -0.2) is 0 Å². The normalized spacial score (nSPS) is 16.7. The van der Waals surface area contributed by atoms with Crippen LogP contribution in [-0.2, 0) is 9.53 Å². The first-order valence-electron chi connectivity index (χ1n) is 4.93. The first-order valence-corrected chi connectivity index (χ1v) is 6.10. The van der Waals surface area contributed by atoms with Crippen molar-refractivity contribution in [1.29, 1.82) is 0 Å². The molecule has 16 heavy (non-hydrogen) atoms. The standard InChI is InChI=1S/C11H11BrClNO2/c1-7-4-8(12)10(5-9(7)13)14-2-3-16-6-11(14)15/h4-5H,2-3,6H2,1H3. The lowest BCUT2D eigenvalue weighted by molar-refractivity contribution is -0.125. The second kappa shape index (κ2) is 4.73. The van der Waals surface area contributed by atoms with Crippen LogP contribution in [0.1, 0.15) is 5.56 Å². The van der Waals surface area contributed by atoms with E-state index in [4.69, 9.17) is 16.3 Å². The highest BCUT2D eigenvalue weighted by Gasteiger charge is 2.22. The van der Waals surface area contributed by atoms with E-state index in [-0.39, 0.29) is 12.5 Å². The predicted molar refractivity (Wildman–Crippen MR) is 67.1 cm³/mol. The highest BCUT2D eigenvalue weighted by atomic mass is 79.9. The zero-order chi connectivity index (χ0) is 11.7. The third-order valence-electron chi connectivity index (χ3n) is 2.50. The molecular weight excluding hydrogens is 293 g/mol. The molecule has 0 aromatic heterocycles. The van der Waals surface area contributed by atoms with Crippen LogP contribution < -0.4 is 4.90 Å². The topological polar surface area (TPSA) is 29.5 Å². The summed E-state index contributed by atoms with van der Waals surface area (Å²) in [6.07, 6.45) is 0. The Balaban J connectivity index is 2.39. The van der Waals surface area contributed by atoms with Gasteiger partial charge in [-0.3, -0.25) is 4.79 Å². The summed E-state index contributed by atoms with van der Waals surface area (Å²) in [5.74, 6) is -0.0353. The lowest BCUT2D eigenvalue weighted by Crippen LogP contribution is -2.41. The van der Waals surface area contributed by atoms with Crippen molar-refractivity contribution < 1.29 is 9.53 Å². The fourth-order valence-corrected chi connectivity index (χ4v) is 2.45. The maximum Gasteiger partial charge on any atom is 0.253 e. The van der Waals surface area contributed by atoms with Crippen molar-refractivity contribution >= 4 is 39.1 Å². The minimum Gasteiger partial charge on any atom is -0.370 e. The molecule has 0 aliphatic carbocycles. The van der Waals surface area contributed by atoms with Gasteiger partial charge in [0.15, 0.2) is 0 Å². The predicted octanol–water partition coefficient (Wildman–Crippen LogP) is 2.77. The molecule has 1 aliphatic rings. The van der Waals surface area contributed by atoms with Crippen molar-refractivity contribution in [3.05, 3.63) is 27.2 Å². The Kier molecular flexibility index (Phi) is 3.52. The molecule has 1 amide bonds. The summed E-state index contributed by atoms with van der Waals surface area (Å²) in [7, 11) is 0. The Hall–Kier alpha value is -0.580. The van der Waals surface area contributed by atoms with E-state index >= 15 is 0 Å². The molecule has 5 heteroatoms. The van der Waals surface area contributed by atoms with E-state index < -0.39 is 0 Å². The van der Waals surface area contributed by atoms with Gasteiger partial charge in [-0.1, -0.05) is 11.6 Å². The number of amides is 1. The zero-order valence-electron chi connectivity index (χ0n) is 8.80. The summed E-state index contributed by atoms with van der Waals surface area (Å²) in [5.41, 5.74) is 1.79. The van der Waals surface area contributed by atoms with Crippen molar-refractivity contribution in [2.75, 3.05) is 24.7 Å². The number of rotatable bonds is 1. The van der Waals surface area contributed by atoms with Crippen LogP contribution >= 0.6 is 27.5 Å². The fourth-order valence-electron chi connectivity index (χ4n) is 1.62. The van der Waals surface area contributed by atoms with Crippen LogP contribution in [0.15, 0.2) is 16.6 Å². The number of hydrogen-bond acceptors (Lipinski definition) is 2. The average Bonchev–Trinajstić information content (AvgIpc) is 2.25. The largest absolute Gasteiger partial charge is 0.370 e. The van der Waals surface area contributed by atoms with Crippen LogP contribution in [0.5, 0.6) is 0 Å². The van der Waals surface area contributed by atoms with Crippen LogP contribution in [0.2, 0.25) is 5.02 Å². The molecule has 1 aromatic carbocycles. The molecule has 0 N–H and O–H groups in total. The molecule has 0 unspecified atom stereocenters. The van der Waals surface area contributed by atoms with Crippen molar-refractivity contribution in [2.45, 2.75) is 6.92 Å². The summed E-state index contributed by atoms with van der Waals surface area (Å²) in [5, 5.41) is 0.664. The minimum atomic E-state index is -0.0353. The van der Waals surface area contributed by atoms with Gasteiger partial charge in [-0.05, 0) is 40.5 Å². The second-order valence-corrected chi connectivity index (χ2v) is 4.91. The van der Waals surface area contributed by atoms with E-state index in [1.54, 1.807) is 4.90 Å². The van der Waals surface area contributed by atoms with Gasteiger partial charge in [0.25, 0.3) is 5.91 Å². The highest BCUT2D eigenvalue weighted by Crippen LogP contribution is 2.32. The molecule has 3 nitrogen and oxygen atoms in total. The molecule has 86 valence electrons. The van der Waals surface area contributed by atoms with Crippen molar-refractivity contribution in [1.82, 2.24) is 0 Å². The van der Waals surface area contributed by atoms with Gasteiger partial charge in [0, 0.05) is 16.0 Å². The highest BCUT2D eigenvalue weighted by molar-refractivity contribution is 9.10. The molecule has 0 saturated carbocycles. The van der Waals surface area contributed by atoms with Gasteiger partial charge in [-0.15, -0.1) is 0 Å². The van der Waals surface area contributed by atoms with Gasteiger partial charge >= 0.3 is 0 Å². The lowest BCUT2D eigenvalue weighted by atomic mass is 10.2. The van der Waals surface area contributed by atoms with Crippen LogP contribution in [0.4, 0.5) is 5.69 Å². The Morgan fingerprint density at radius 1 is 1.50 bits per heavy atom. The molecule has 1 aromatic rings. The Bertz CT molecular complexity index is 436. The average molecular weight is 305 g/mol. The SMILES string of the molecule is Cc1cc(Br)c(N2CCOCC2=O)cc1Cl. The number of aryl methyl sites for hydroxylation is 1. The van der Waals surface area contributed by atoms with E-state index in [9.17, 15) is 4.79 Å². The molecule has 1 heterocycles. The second-order valence-electron chi connectivity index (χ2n) is 3.65. The summed E-state index contributed by atoms with van der Waals surface area (Å²) in [6.45, 7) is 3.19. The smallest absolute Gasteiger partial charge is 0.253 e. The Labute approximate surface area is 107 Å². The minimum absolute atomic E-state index is 0.0353. The van der Waals surface area contributed by atoms with Crippen LogP contribution in [-0.4, -0.2) is 25.7 Å². The summed E-state index contributed by atoms with van der Waals surface area (Å²) >= 11 is 9.51. The molecule has 2 rings (SSSR count). The number of carbonyl (C=O) groups is 1. The first kappa shape index (κ1) is 11.9. The number of carbonyl (C=O) groups excluding carboxylic acids is 1. The molecule has 0 bridgehead atoms. The number of hydrogen-bond donors (Lipinski definition) is 0. The molecule has 0 atom stereocenters. The zero-order valence-corrected chi connectivity index (χ0v) is 11.1. The van der Waals surface area contributed by atoms with E-state index in [0.29, 0.717) is 18.2 Å². The number of benzene rings is 1. The van der Waals surface area contributed by atoms with Gasteiger partial charge in [0.1, 0.15) is 6.61 Å². The molecule has 1 saturated heterocycles. The van der Waals surface area contributed by atoms with Gasteiger partial charge in [0.2, 0.25) is 0 Å². The van der Waals surface area contributed by atoms with Crippen molar-refractivity contribution in [3.63, 3.8) is 0 Å². The Morgan fingerprint density at radius 2 is 2.25 bits per heavy atom. The Morgan fingerprint density at radius 3 is 2.94 bits per heavy atom. The maximum absolute atomic E-state index is 11.7. The molecular formula is C11H11BrClNO2. The number of nitrogens with zero attached hydrogens (tertiary/aromatic N) is 1. The van der Waals surface area contributed by atoms with E-state index in [2.05, 4.69) is 15.9 Å². The van der Waals surface area contributed by atoms with Gasteiger partial charge in [0.05, 0.1) is 12.3 Å². The van der Waals surface area contributed by atoms with Crippen molar-refractivity contribution in [3.8, 4) is 0 Å². The van der Waals surface area contributed by atoms with E-state index in [0.717, 1.165) is 15.7 Å². The number of halogens is 2. The third kappa shape index (κ3) is 2.24. The van der Waals surface area contributed by atoms with Crippen LogP contribution in [0.3, 0.4) is 0 Å². The molecule has 0 spiro atoms. The summed E-state index contributed by atoms with van der Waals surface area (Å²) in [4.78, 5) is 13.4. The molecule has 1 fully saturated rings. The molecule has 0 radical (unpaired) electrons. The lowest BCUT2D eigenvalue weighted by Gasteiger charge is -2.28. The number of ether oxygens (including phenoxy) is 1. The van der Waals surface area contributed by atoms with Crippen LogP contribution in [0.25, 0.3) is 0 Å². The van der Waals surface area contributed by atoms with Gasteiger partial charge in [-0.2, -0.15) is 0 Å². The summed E-state index contributed by atoms with van der Waals surface area (Å²) < 4.78 is 5.97.